The number of amides is 1. The van der Waals surface area contributed by atoms with Crippen LogP contribution in [-0.2, 0) is 0 Å². The predicted octanol–water partition coefficient (Wildman–Crippen LogP) is 5.21. The van der Waals surface area contributed by atoms with E-state index >= 15 is 0 Å². The van der Waals surface area contributed by atoms with Crippen LogP contribution in [0.5, 0.6) is 23.1 Å². The van der Waals surface area contributed by atoms with Crippen molar-refractivity contribution in [2.75, 3.05) is 19.5 Å². The van der Waals surface area contributed by atoms with Gasteiger partial charge in [-0.25, -0.2) is 9.97 Å². The van der Waals surface area contributed by atoms with Crippen LogP contribution >= 0.6 is 0 Å². The Balaban J connectivity index is 1.55. The van der Waals surface area contributed by atoms with Gasteiger partial charge in [-0.3, -0.25) is 4.79 Å². The van der Waals surface area contributed by atoms with Gasteiger partial charge < -0.3 is 19.5 Å². The Morgan fingerprint density at radius 1 is 0.781 bits per heavy atom. The number of nitrogens with zero attached hydrogens (tertiary/aromatic N) is 2. The number of aromatic nitrogens is 2. The number of hydrogen-bond donors (Lipinski definition) is 1. The van der Waals surface area contributed by atoms with Gasteiger partial charge in [0.2, 0.25) is 5.88 Å². The Morgan fingerprint density at radius 2 is 1.53 bits per heavy atom. The zero-order valence-electron chi connectivity index (χ0n) is 17.6. The quantitative estimate of drug-likeness (QED) is 0.436. The van der Waals surface area contributed by atoms with E-state index in [1.165, 1.54) is 6.33 Å². The van der Waals surface area contributed by atoms with Crippen LogP contribution in [0.15, 0.2) is 85.2 Å². The molecular formula is C25H21N3O4. The van der Waals surface area contributed by atoms with E-state index in [0.29, 0.717) is 40.1 Å². The summed E-state index contributed by atoms with van der Waals surface area (Å²) in [5.41, 5.74) is 2.45. The van der Waals surface area contributed by atoms with Crippen molar-refractivity contribution in [1.29, 1.82) is 0 Å². The van der Waals surface area contributed by atoms with Gasteiger partial charge >= 0.3 is 0 Å². The van der Waals surface area contributed by atoms with Gasteiger partial charge in [0, 0.05) is 41.1 Å². The van der Waals surface area contributed by atoms with Crippen molar-refractivity contribution in [3.63, 3.8) is 0 Å². The lowest BCUT2D eigenvalue weighted by Gasteiger charge is -2.11. The van der Waals surface area contributed by atoms with Crippen molar-refractivity contribution in [1.82, 2.24) is 9.97 Å². The summed E-state index contributed by atoms with van der Waals surface area (Å²) in [5, 5.41) is 2.87. The number of para-hydroxylation sites is 1. The monoisotopic (exact) mass is 427 g/mol. The number of rotatable bonds is 7. The number of hydrogen-bond acceptors (Lipinski definition) is 6. The van der Waals surface area contributed by atoms with E-state index in [1.54, 1.807) is 56.7 Å². The second kappa shape index (κ2) is 9.61. The third kappa shape index (κ3) is 5.02. The van der Waals surface area contributed by atoms with E-state index in [-0.39, 0.29) is 5.91 Å². The van der Waals surface area contributed by atoms with Gasteiger partial charge in [0.25, 0.3) is 5.91 Å². The summed E-state index contributed by atoms with van der Waals surface area (Å²) in [6.07, 6.45) is 1.43. The Morgan fingerprint density at radius 3 is 2.25 bits per heavy atom. The molecule has 7 nitrogen and oxygen atoms in total. The first-order chi connectivity index (χ1) is 15.6. The number of ether oxygens (including phenoxy) is 3. The molecule has 0 unspecified atom stereocenters. The average molecular weight is 427 g/mol. The van der Waals surface area contributed by atoms with E-state index in [2.05, 4.69) is 15.3 Å². The molecule has 1 N–H and O–H groups in total. The van der Waals surface area contributed by atoms with Crippen LogP contribution in [0.25, 0.3) is 11.3 Å². The zero-order valence-corrected chi connectivity index (χ0v) is 17.6. The molecule has 4 aromatic rings. The average Bonchev–Trinajstić information content (AvgIpc) is 2.84. The van der Waals surface area contributed by atoms with Crippen LogP contribution in [0.2, 0.25) is 0 Å². The lowest BCUT2D eigenvalue weighted by Crippen LogP contribution is -2.12. The Hall–Kier alpha value is -4.39. The molecule has 1 aromatic heterocycles. The van der Waals surface area contributed by atoms with E-state index in [0.717, 1.165) is 5.56 Å². The minimum absolute atomic E-state index is 0.267. The summed E-state index contributed by atoms with van der Waals surface area (Å²) in [5.74, 6) is 2.00. The molecule has 4 rings (SSSR count). The molecule has 0 aliphatic carbocycles. The SMILES string of the molecule is COc1cc(NC(=O)c2cccc(-c3cc(Oc4ccccc4)ncn3)c2)cc(OC)c1. The first-order valence-electron chi connectivity index (χ1n) is 9.84. The van der Waals surface area contributed by atoms with E-state index in [4.69, 9.17) is 14.2 Å². The molecule has 0 spiro atoms. The Labute approximate surface area is 185 Å². The molecule has 3 aromatic carbocycles. The van der Waals surface area contributed by atoms with Crippen LogP contribution in [0, 0.1) is 0 Å². The molecule has 1 amide bonds. The topological polar surface area (TPSA) is 82.6 Å². The molecular weight excluding hydrogens is 406 g/mol. The number of benzene rings is 3. The largest absolute Gasteiger partial charge is 0.497 e. The summed E-state index contributed by atoms with van der Waals surface area (Å²) in [6.45, 7) is 0. The van der Waals surface area contributed by atoms with Gasteiger partial charge in [0.05, 0.1) is 19.9 Å². The second-order valence-corrected chi connectivity index (χ2v) is 6.79. The highest BCUT2D eigenvalue weighted by Gasteiger charge is 2.11. The molecule has 0 radical (unpaired) electrons. The van der Waals surface area contributed by atoms with Crippen LogP contribution in [-0.4, -0.2) is 30.1 Å². The summed E-state index contributed by atoms with van der Waals surface area (Å²) >= 11 is 0. The molecule has 32 heavy (non-hydrogen) atoms. The van der Waals surface area contributed by atoms with Gasteiger partial charge in [-0.2, -0.15) is 0 Å². The molecule has 0 saturated carbocycles. The highest BCUT2D eigenvalue weighted by atomic mass is 16.5. The molecule has 0 saturated heterocycles. The van der Waals surface area contributed by atoms with Crippen molar-refractivity contribution < 1.29 is 19.0 Å². The number of carbonyl (C=O) groups excluding carboxylic acids is 1. The molecule has 0 fully saturated rings. The number of anilines is 1. The third-order valence-corrected chi connectivity index (χ3v) is 4.64. The highest BCUT2D eigenvalue weighted by Crippen LogP contribution is 2.27. The first-order valence-corrected chi connectivity index (χ1v) is 9.84. The first kappa shape index (κ1) is 20.9. The summed E-state index contributed by atoms with van der Waals surface area (Å²) < 4.78 is 16.3. The van der Waals surface area contributed by atoms with Crippen molar-refractivity contribution >= 4 is 11.6 Å². The van der Waals surface area contributed by atoms with Gasteiger partial charge in [0.15, 0.2) is 0 Å². The van der Waals surface area contributed by atoms with E-state index < -0.39 is 0 Å². The lowest BCUT2D eigenvalue weighted by molar-refractivity contribution is 0.102. The number of methoxy groups -OCH3 is 2. The number of carbonyl (C=O) groups is 1. The Kier molecular flexibility index (Phi) is 6.27. The van der Waals surface area contributed by atoms with Crippen LogP contribution in [0.3, 0.4) is 0 Å². The third-order valence-electron chi connectivity index (χ3n) is 4.64. The van der Waals surface area contributed by atoms with Crippen LogP contribution in [0.1, 0.15) is 10.4 Å². The van der Waals surface area contributed by atoms with Crippen molar-refractivity contribution in [2.24, 2.45) is 0 Å². The minimum Gasteiger partial charge on any atom is -0.497 e. The maximum Gasteiger partial charge on any atom is 0.255 e. The predicted molar refractivity (Wildman–Crippen MR) is 121 cm³/mol. The minimum atomic E-state index is -0.267. The van der Waals surface area contributed by atoms with Crippen molar-refractivity contribution in [3.8, 4) is 34.4 Å². The maximum atomic E-state index is 12.9. The molecule has 160 valence electrons. The summed E-state index contributed by atoms with van der Waals surface area (Å²) in [7, 11) is 3.11. The zero-order chi connectivity index (χ0) is 22.3. The fraction of sp³-hybridized carbons (Fsp3) is 0.0800. The van der Waals surface area contributed by atoms with E-state index in [9.17, 15) is 4.79 Å². The smallest absolute Gasteiger partial charge is 0.255 e. The standard InChI is InChI=1S/C25H21N3O4/c1-30-21-12-19(13-22(14-21)31-2)28-25(29)18-8-6-7-17(11-18)23-15-24(27-16-26-23)32-20-9-4-3-5-10-20/h3-16H,1-2H3,(H,28,29). The highest BCUT2D eigenvalue weighted by molar-refractivity contribution is 6.05. The molecule has 0 aliphatic rings. The van der Waals surface area contributed by atoms with Gasteiger partial charge in [-0.15, -0.1) is 0 Å². The normalized spacial score (nSPS) is 10.3. The molecule has 0 aliphatic heterocycles. The lowest BCUT2D eigenvalue weighted by atomic mass is 10.1. The van der Waals surface area contributed by atoms with Gasteiger partial charge in [-0.1, -0.05) is 30.3 Å². The fourth-order valence-electron chi connectivity index (χ4n) is 3.07. The Bertz CT molecular complexity index is 1210. The summed E-state index contributed by atoms with van der Waals surface area (Å²) in [4.78, 5) is 21.3. The number of nitrogens with one attached hydrogen (secondary N) is 1. The van der Waals surface area contributed by atoms with Crippen molar-refractivity contribution in [2.45, 2.75) is 0 Å². The van der Waals surface area contributed by atoms with Crippen LogP contribution < -0.4 is 19.5 Å². The van der Waals surface area contributed by atoms with E-state index in [1.807, 2.05) is 36.4 Å². The molecule has 7 heteroatoms. The summed E-state index contributed by atoms with van der Waals surface area (Å²) in [6, 6.07) is 23.5. The van der Waals surface area contributed by atoms with Crippen molar-refractivity contribution in [3.05, 3.63) is 90.8 Å². The van der Waals surface area contributed by atoms with Gasteiger partial charge in [0.1, 0.15) is 23.6 Å². The second-order valence-electron chi connectivity index (χ2n) is 6.79. The fourth-order valence-corrected chi connectivity index (χ4v) is 3.07. The molecule has 1 heterocycles. The maximum absolute atomic E-state index is 12.9. The van der Waals surface area contributed by atoms with Gasteiger partial charge in [-0.05, 0) is 24.3 Å². The molecule has 0 bridgehead atoms. The molecule has 0 atom stereocenters. The van der Waals surface area contributed by atoms with Crippen LogP contribution in [0.4, 0.5) is 5.69 Å².